The molecule has 1 N–H and O–H groups in total. The van der Waals surface area contributed by atoms with Gasteiger partial charge in [0.2, 0.25) is 0 Å². The van der Waals surface area contributed by atoms with E-state index in [0.29, 0.717) is 27.1 Å². The van der Waals surface area contributed by atoms with Gasteiger partial charge in [-0.1, -0.05) is 51.3 Å². The summed E-state index contributed by atoms with van der Waals surface area (Å²) >= 11 is 15.5. The predicted molar refractivity (Wildman–Crippen MR) is 95.2 cm³/mol. The van der Waals surface area contributed by atoms with E-state index in [4.69, 9.17) is 23.2 Å². The van der Waals surface area contributed by atoms with Gasteiger partial charge in [-0.05, 0) is 46.0 Å². The topological polar surface area (TPSA) is 20.2 Å². The molecule has 24 heavy (non-hydrogen) atoms. The Labute approximate surface area is 154 Å². The summed E-state index contributed by atoms with van der Waals surface area (Å²) in [5, 5.41) is 12.8. The number of aliphatic hydroxyl groups is 1. The lowest BCUT2D eigenvalue weighted by Gasteiger charge is -2.17. The molecule has 7 heteroatoms. The second kappa shape index (κ2) is 6.37. The van der Waals surface area contributed by atoms with Crippen molar-refractivity contribution >= 4 is 60.7 Å². The average Bonchev–Trinajstić information content (AvgIpc) is 2.55. The highest BCUT2D eigenvalue weighted by molar-refractivity contribution is 9.09. The Morgan fingerprint density at radius 3 is 2.38 bits per heavy atom. The maximum Gasteiger partial charge on any atom is 0.416 e. The fourth-order valence-corrected chi connectivity index (χ4v) is 3.52. The number of aliphatic hydroxyl groups excluding tert-OH is 1. The zero-order chi connectivity index (χ0) is 17.6. The molecule has 0 saturated carbocycles. The van der Waals surface area contributed by atoms with Gasteiger partial charge >= 0.3 is 6.18 Å². The van der Waals surface area contributed by atoms with Crippen LogP contribution < -0.4 is 0 Å². The number of rotatable bonds is 2. The lowest BCUT2D eigenvalue weighted by atomic mass is 9.93. The van der Waals surface area contributed by atoms with Gasteiger partial charge in [0, 0.05) is 10.7 Å². The Bertz CT molecular complexity index is 941. The molecule has 3 aromatic carbocycles. The minimum Gasteiger partial charge on any atom is -0.388 e. The van der Waals surface area contributed by atoms with Crippen LogP contribution in [0.5, 0.6) is 0 Å². The maximum absolute atomic E-state index is 13.1. The standard InChI is InChI=1S/C17H10BrCl2F3O/c18-7-14(24)11-5-8-1-4-13(19)16(20)15(8)12-6-9(17(21,22)23)2-3-10(11)12/h1-6,14,24H,7H2/t14-/m1/s1. The monoisotopic (exact) mass is 436 g/mol. The molecule has 0 heterocycles. The van der Waals surface area contributed by atoms with Gasteiger partial charge in [0.1, 0.15) is 0 Å². The molecule has 0 aliphatic rings. The van der Waals surface area contributed by atoms with Crippen LogP contribution in [0.4, 0.5) is 13.2 Å². The van der Waals surface area contributed by atoms with Crippen LogP contribution >= 0.6 is 39.1 Å². The Balaban J connectivity index is 2.51. The number of hydrogen-bond acceptors (Lipinski definition) is 1. The van der Waals surface area contributed by atoms with E-state index in [2.05, 4.69) is 15.9 Å². The van der Waals surface area contributed by atoms with Gasteiger partial charge in [-0.25, -0.2) is 0 Å². The summed E-state index contributed by atoms with van der Waals surface area (Å²) in [6.07, 6.45) is -5.33. The van der Waals surface area contributed by atoms with Crippen molar-refractivity contribution < 1.29 is 18.3 Å². The lowest BCUT2D eigenvalue weighted by Crippen LogP contribution is -2.05. The third-order valence-electron chi connectivity index (χ3n) is 3.87. The molecule has 0 aliphatic carbocycles. The van der Waals surface area contributed by atoms with Crippen LogP contribution in [0.15, 0.2) is 36.4 Å². The first-order valence-electron chi connectivity index (χ1n) is 6.89. The summed E-state index contributed by atoms with van der Waals surface area (Å²) < 4.78 is 39.3. The molecule has 3 rings (SSSR count). The van der Waals surface area contributed by atoms with Crippen molar-refractivity contribution in [3.63, 3.8) is 0 Å². The smallest absolute Gasteiger partial charge is 0.388 e. The molecular formula is C17H10BrCl2F3O. The van der Waals surface area contributed by atoms with Crippen molar-refractivity contribution in [2.75, 3.05) is 5.33 Å². The number of benzene rings is 3. The molecule has 0 fully saturated rings. The summed E-state index contributed by atoms with van der Waals surface area (Å²) in [5.41, 5.74) is -0.251. The van der Waals surface area contributed by atoms with E-state index < -0.39 is 17.8 Å². The van der Waals surface area contributed by atoms with Crippen molar-refractivity contribution in [3.05, 3.63) is 57.6 Å². The summed E-state index contributed by atoms with van der Waals surface area (Å²) in [4.78, 5) is 0. The number of hydrogen-bond donors (Lipinski definition) is 1. The fraction of sp³-hybridized carbons (Fsp3) is 0.176. The first kappa shape index (κ1) is 17.8. The van der Waals surface area contributed by atoms with E-state index in [1.807, 2.05) is 0 Å². The first-order valence-corrected chi connectivity index (χ1v) is 8.77. The Hall–Kier alpha value is -1.01. The van der Waals surface area contributed by atoms with Crippen LogP contribution in [-0.2, 0) is 6.18 Å². The summed E-state index contributed by atoms with van der Waals surface area (Å²) in [6.45, 7) is 0. The van der Waals surface area contributed by atoms with E-state index in [-0.39, 0.29) is 15.4 Å². The molecule has 0 aromatic heterocycles. The van der Waals surface area contributed by atoms with Crippen molar-refractivity contribution in [1.29, 1.82) is 0 Å². The zero-order valence-electron chi connectivity index (χ0n) is 12.0. The summed E-state index contributed by atoms with van der Waals surface area (Å²) in [6, 6.07) is 8.38. The number of halogens is 6. The van der Waals surface area contributed by atoms with Crippen LogP contribution in [0, 0.1) is 0 Å². The van der Waals surface area contributed by atoms with E-state index in [1.165, 1.54) is 6.07 Å². The summed E-state index contributed by atoms with van der Waals surface area (Å²) in [7, 11) is 0. The third-order valence-corrected chi connectivity index (χ3v) is 5.29. The van der Waals surface area contributed by atoms with E-state index in [0.717, 1.165) is 12.1 Å². The SMILES string of the molecule is O[C@H](CBr)c1cc2ccc(Cl)c(Cl)c2c2cc(C(F)(F)F)ccc12. The fourth-order valence-electron chi connectivity index (χ4n) is 2.74. The first-order chi connectivity index (χ1) is 11.2. The highest BCUT2D eigenvalue weighted by Gasteiger charge is 2.31. The Morgan fingerprint density at radius 2 is 1.75 bits per heavy atom. The molecule has 3 aromatic rings. The van der Waals surface area contributed by atoms with Gasteiger partial charge in [-0.15, -0.1) is 0 Å². The largest absolute Gasteiger partial charge is 0.416 e. The minimum atomic E-state index is -4.48. The van der Waals surface area contributed by atoms with E-state index in [9.17, 15) is 18.3 Å². The van der Waals surface area contributed by atoms with Crippen molar-refractivity contribution in [1.82, 2.24) is 0 Å². The third kappa shape index (κ3) is 2.99. The molecule has 1 nitrogen and oxygen atoms in total. The molecule has 0 radical (unpaired) electrons. The van der Waals surface area contributed by atoms with E-state index in [1.54, 1.807) is 18.2 Å². The van der Waals surface area contributed by atoms with Crippen molar-refractivity contribution in [3.8, 4) is 0 Å². The van der Waals surface area contributed by atoms with Crippen LogP contribution in [-0.4, -0.2) is 10.4 Å². The van der Waals surface area contributed by atoms with Gasteiger partial charge < -0.3 is 5.11 Å². The molecule has 0 spiro atoms. The highest BCUT2D eigenvalue weighted by Crippen LogP contribution is 2.41. The average molecular weight is 438 g/mol. The molecule has 0 saturated heterocycles. The number of alkyl halides is 4. The van der Waals surface area contributed by atoms with Crippen LogP contribution in [0.2, 0.25) is 10.0 Å². The molecule has 1 atom stereocenters. The number of fused-ring (bicyclic) bond motifs is 3. The van der Waals surface area contributed by atoms with Crippen molar-refractivity contribution in [2.24, 2.45) is 0 Å². The van der Waals surface area contributed by atoms with Gasteiger partial charge in [-0.2, -0.15) is 13.2 Å². The van der Waals surface area contributed by atoms with Gasteiger partial charge in [-0.3, -0.25) is 0 Å². The molecule has 0 amide bonds. The van der Waals surface area contributed by atoms with Crippen LogP contribution in [0.3, 0.4) is 0 Å². The van der Waals surface area contributed by atoms with Crippen LogP contribution in [0.1, 0.15) is 17.2 Å². The lowest BCUT2D eigenvalue weighted by molar-refractivity contribution is -0.137. The van der Waals surface area contributed by atoms with E-state index >= 15 is 0 Å². The molecule has 0 bridgehead atoms. The quantitative estimate of drug-likeness (QED) is 0.347. The van der Waals surface area contributed by atoms with Gasteiger partial charge in [0.05, 0.1) is 21.7 Å². The second-order valence-electron chi connectivity index (χ2n) is 5.35. The normalized spacial score (nSPS) is 13.6. The van der Waals surface area contributed by atoms with Gasteiger partial charge in [0.25, 0.3) is 0 Å². The molecule has 0 unspecified atom stereocenters. The molecule has 126 valence electrons. The second-order valence-corrected chi connectivity index (χ2v) is 6.79. The summed E-state index contributed by atoms with van der Waals surface area (Å²) in [5.74, 6) is 0. The molecule has 0 aliphatic heterocycles. The van der Waals surface area contributed by atoms with Crippen molar-refractivity contribution in [2.45, 2.75) is 12.3 Å². The molecular weight excluding hydrogens is 428 g/mol. The zero-order valence-corrected chi connectivity index (χ0v) is 15.1. The Kier molecular flexibility index (Phi) is 4.73. The predicted octanol–water partition coefficient (Wildman–Crippen LogP) is 6.75. The maximum atomic E-state index is 13.1. The highest BCUT2D eigenvalue weighted by atomic mass is 79.9. The minimum absolute atomic E-state index is 0.193. The Morgan fingerprint density at radius 1 is 1.04 bits per heavy atom. The van der Waals surface area contributed by atoms with Gasteiger partial charge in [0.15, 0.2) is 0 Å². The van der Waals surface area contributed by atoms with Crippen LogP contribution in [0.25, 0.3) is 21.5 Å².